The van der Waals surface area contributed by atoms with Gasteiger partial charge < -0.3 is 20.1 Å². The summed E-state index contributed by atoms with van der Waals surface area (Å²) in [5.41, 5.74) is 7.33. The third-order valence-corrected chi connectivity index (χ3v) is 7.46. The van der Waals surface area contributed by atoms with Crippen molar-refractivity contribution in [1.29, 1.82) is 0 Å². The van der Waals surface area contributed by atoms with Gasteiger partial charge in [-0.05, 0) is 55.0 Å². The van der Waals surface area contributed by atoms with Gasteiger partial charge in [0.25, 0.3) is 11.8 Å². The predicted molar refractivity (Wildman–Crippen MR) is 172 cm³/mol. The van der Waals surface area contributed by atoms with Crippen LogP contribution in [0, 0.1) is 11.8 Å². The van der Waals surface area contributed by atoms with Crippen LogP contribution in [0.25, 0.3) is 0 Å². The lowest BCUT2D eigenvalue weighted by molar-refractivity contribution is -0.202. The highest BCUT2D eigenvalue weighted by Crippen LogP contribution is 2.40. The number of hydrogen-bond donors (Lipinski definition) is 1. The molecule has 1 aliphatic rings. The zero-order chi connectivity index (χ0) is 35.1. The number of nitrogens with two attached hydrogens (primary N) is 1. The van der Waals surface area contributed by atoms with Gasteiger partial charge in [0.15, 0.2) is 11.6 Å². The van der Waals surface area contributed by atoms with Crippen molar-refractivity contribution in [1.82, 2.24) is 9.88 Å². The maximum Gasteiger partial charge on any atom is 0.491 e. The Morgan fingerprint density at radius 2 is 1.67 bits per heavy atom. The third kappa shape index (κ3) is 7.87. The Balaban J connectivity index is 1.53. The molecular weight excluding hydrogens is 641 g/mol. The summed E-state index contributed by atoms with van der Waals surface area (Å²) in [5.74, 6) is 1.17. The van der Waals surface area contributed by atoms with Gasteiger partial charge in [-0.2, -0.15) is 13.2 Å². The molecule has 5 rings (SSSR count). The van der Waals surface area contributed by atoms with Crippen LogP contribution in [0.15, 0.2) is 97.2 Å². The quantitative estimate of drug-likeness (QED) is 0.108. The summed E-state index contributed by atoms with van der Waals surface area (Å²) >= 11 is 0. The molecule has 1 aliphatic heterocycles. The van der Waals surface area contributed by atoms with Gasteiger partial charge in [0, 0.05) is 29.9 Å². The Bertz CT molecular complexity index is 1930. The zero-order valence-corrected chi connectivity index (χ0v) is 26.0. The van der Waals surface area contributed by atoms with E-state index in [1.807, 2.05) is 0 Å². The maximum atomic E-state index is 14.6. The molecule has 0 bridgehead atoms. The van der Waals surface area contributed by atoms with Gasteiger partial charge in [-0.25, -0.2) is 9.78 Å². The van der Waals surface area contributed by atoms with Gasteiger partial charge in [-0.3, -0.25) is 19.3 Å². The molecule has 0 spiro atoms. The van der Waals surface area contributed by atoms with Crippen molar-refractivity contribution in [3.63, 3.8) is 0 Å². The first-order valence-electron chi connectivity index (χ1n) is 15.0. The van der Waals surface area contributed by atoms with Gasteiger partial charge in [0.1, 0.15) is 6.04 Å². The number of amides is 2. The number of esters is 2. The average Bonchev–Trinajstić information content (AvgIpc) is 3.17. The second kappa shape index (κ2) is 14.7. The molecule has 2 atom stereocenters. The van der Waals surface area contributed by atoms with E-state index in [2.05, 4.69) is 21.6 Å². The summed E-state index contributed by atoms with van der Waals surface area (Å²) in [6.45, 7) is 1.59. The normalized spacial score (nSPS) is 15.0. The van der Waals surface area contributed by atoms with E-state index >= 15 is 0 Å². The Labute approximate surface area is 279 Å². The minimum Gasteiger partial charge on any atom is -0.489 e. The molecule has 0 radical (unpaired) electrons. The molecular formula is C36H29F3N4O6. The number of carbonyl (C=O) groups excluding carboxylic acids is 4. The van der Waals surface area contributed by atoms with Gasteiger partial charge in [0.2, 0.25) is 0 Å². The summed E-state index contributed by atoms with van der Waals surface area (Å²) in [5, 5.41) is 0. The fourth-order valence-electron chi connectivity index (χ4n) is 5.28. The average molecular weight is 671 g/mol. The number of alkyl halides is 3. The van der Waals surface area contributed by atoms with Gasteiger partial charge in [-0.15, -0.1) is 0 Å². The number of anilines is 3. The van der Waals surface area contributed by atoms with Crippen molar-refractivity contribution in [2.24, 2.45) is 0 Å². The largest absolute Gasteiger partial charge is 0.491 e. The molecule has 0 saturated carbocycles. The highest BCUT2D eigenvalue weighted by Gasteiger charge is 2.45. The van der Waals surface area contributed by atoms with Crippen LogP contribution in [0.3, 0.4) is 0 Å². The maximum absolute atomic E-state index is 14.6. The molecule has 2 unspecified atom stereocenters. The molecule has 13 heteroatoms. The lowest BCUT2D eigenvalue weighted by atomic mass is 10.0. The first-order valence-corrected chi connectivity index (χ1v) is 15.0. The van der Waals surface area contributed by atoms with Crippen LogP contribution < -0.4 is 15.4 Å². The number of nitrogen functional groups attached to an aromatic ring is 1. The number of hydrogen-bond acceptors (Lipinski definition) is 8. The van der Waals surface area contributed by atoms with Gasteiger partial charge >= 0.3 is 18.1 Å². The van der Waals surface area contributed by atoms with Crippen molar-refractivity contribution in [2.45, 2.75) is 38.0 Å². The number of fused-ring (bicyclic) bond motifs is 1. The predicted octanol–water partition coefficient (Wildman–Crippen LogP) is 5.76. The number of rotatable bonds is 8. The SMILES string of the molecule is CC(CC(=O)OC(=O)C(F)(F)F)N1C(=O)c2cc(C#CCCOc3cccnc3N)ccc2N(c2ccccc2)C(=O)C1c1ccccc1. The van der Waals surface area contributed by atoms with Gasteiger partial charge in [0.05, 0.1) is 24.3 Å². The third-order valence-electron chi connectivity index (χ3n) is 7.46. The van der Waals surface area contributed by atoms with Crippen LogP contribution in [0.2, 0.25) is 0 Å². The second-order valence-corrected chi connectivity index (χ2v) is 10.9. The monoisotopic (exact) mass is 670 g/mol. The lowest BCUT2D eigenvalue weighted by Crippen LogP contribution is -2.46. The standard InChI is InChI=1S/C36H29F3N4O6/c1-23(21-30(44)49-35(47)36(37,38)39)42-31(25-12-4-2-5-13-25)34(46)43(26-14-6-3-7-15-26)28-18-17-24(22-27(28)33(42)45)11-8-9-20-48-29-16-10-19-41-32(29)40/h2-7,10,12-19,22-23,31H,9,20-21H2,1H3,(H2,40,41). The summed E-state index contributed by atoms with van der Waals surface area (Å²) < 4.78 is 48.1. The van der Waals surface area contributed by atoms with Crippen LogP contribution >= 0.6 is 0 Å². The van der Waals surface area contributed by atoms with E-state index in [9.17, 15) is 32.3 Å². The van der Waals surface area contributed by atoms with E-state index in [-0.39, 0.29) is 23.7 Å². The summed E-state index contributed by atoms with van der Waals surface area (Å²) in [4.78, 5) is 59.5. The van der Waals surface area contributed by atoms with Crippen molar-refractivity contribution in [3.05, 3.63) is 114 Å². The molecule has 0 saturated heterocycles. The smallest absolute Gasteiger partial charge is 0.489 e. The van der Waals surface area contributed by atoms with Crippen LogP contribution in [0.1, 0.15) is 47.3 Å². The molecule has 4 aromatic rings. The fraction of sp³-hybridized carbons (Fsp3) is 0.194. The van der Waals surface area contributed by atoms with Crippen LogP contribution in [-0.2, 0) is 19.1 Å². The van der Waals surface area contributed by atoms with E-state index < -0.39 is 48.4 Å². The van der Waals surface area contributed by atoms with Gasteiger partial charge in [-0.1, -0.05) is 60.4 Å². The van der Waals surface area contributed by atoms with E-state index in [1.54, 1.807) is 91.1 Å². The van der Waals surface area contributed by atoms with E-state index in [0.29, 0.717) is 29.0 Å². The second-order valence-electron chi connectivity index (χ2n) is 10.9. The lowest BCUT2D eigenvalue weighted by Gasteiger charge is -2.35. The highest BCUT2D eigenvalue weighted by atomic mass is 19.4. The number of nitrogens with zero attached hydrogens (tertiary/aromatic N) is 3. The van der Waals surface area contributed by atoms with Crippen LogP contribution in [0.5, 0.6) is 5.75 Å². The number of benzene rings is 3. The molecule has 0 fully saturated rings. The zero-order valence-electron chi connectivity index (χ0n) is 26.0. The summed E-state index contributed by atoms with van der Waals surface area (Å²) in [6.07, 6.45) is -4.37. The molecule has 2 heterocycles. The molecule has 250 valence electrons. The fourth-order valence-corrected chi connectivity index (χ4v) is 5.28. The van der Waals surface area contributed by atoms with Crippen LogP contribution in [0.4, 0.5) is 30.4 Å². The van der Waals surface area contributed by atoms with Crippen LogP contribution in [-0.4, -0.2) is 52.5 Å². The Kier molecular flexibility index (Phi) is 10.3. The molecule has 0 aliphatic carbocycles. The number of halogens is 3. The Morgan fingerprint density at radius 3 is 2.35 bits per heavy atom. The topological polar surface area (TPSA) is 132 Å². The molecule has 1 aromatic heterocycles. The van der Waals surface area contributed by atoms with E-state index in [4.69, 9.17) is 10.5 Å². The molecule has 2 N–H and O–H groups in total. The van der Waals surface area contributed by atoms with Crippen molar-refractivity contribution in [2.75, 3.05) is 17.2 Å². The van der Waals surface area contributed by atoms with Crippen molar-refractivity contribution >= 4 is 40.9 Å². The minimum absolute atomic E-state index is 0.0494. The number of para-hydroxylation sites is 1. The number of aromatic nitrogens is 1. The van der Waals surface area contributed by atoms with E-state index in [0.717, 1.165) is 4.90 Å². The molecule has 3 aromatic carbocycles. The molecule has 10 nitrogen and oxygen atoms in total. The molecule has 2 amide bonds. The first-order chi connectivity index (χ1) is 23.5. The number of ether oxygens (including phenoxy) is 2. The Hall–Kier alpha value is -6.16. The highest BCUT2D eigenvalue weighted by molar-refractivity contribution is 6.14. The van der Waals surface area contributed by atoms with E-state index in [1.165, 1.54) is 17.9 Å². The first kappa shape index (κ1) is 34.2. The summed E-state index contributed by atoms with van der Waals surface area (Å²) in [6, 6.07) is 22.5. The summed E-state index contributed by atoms with van der Waals surface area (Å²) in [7, 11) is 0. The number of pyridine rings is 1. The Morgan fingerprint density at radius 1 is 0.980 bits per heavy atom. The van der Waals surface area contributed by atoms with Crippen molar-refractivity contribution in [3.8, 4) is 17.6 Å². The minimum atomic E-state index is -5.40. The molecule has 49 heavy (non-hydrogen) atoms. The number of carbonyl (C=O) groups is 4. The van der Waals surface area contributed by atoms with Crippen molar-refractivity contribution < 1.29 is 41.8 Å².